The van der Waals surface area contributed by atoms with Gasteiger partial charge >= 0.3 is 5.97 Å². The van der Waals surface area contributed by atoms with Crippen LogP contribution in [0.15, 0.2) is 59.7 Å². The van der Waals surface area contributed by atoms with Crippen LogP contribution in [0.2, 0.25) is 0 Å². The van der Waals surface area contributed by atoms with E-state index < -0.39 is 5.97 Å². The average molecular weight is 437 g/mol. The fourth-order valence-corrected chi connectivity index (χ4v) is 3.88. The van der Waals surface area contributed by atoms with Gasteiger partial charge in [0.1, 0.15) is 23.7 Å². The number of hydrogen-bond acceptors (Lipinski definition) is 6. The summed E-state index contributed by atoms with van der Waals surface area (Å²) in [5.41, 5.74) is 2.44. The van der Waals surface area contributed by atoms with Crippen molar-refractivity contribution in [3.8, 4) is 5.75 Å². The fourth-order valence-electron chi connectivity index (χ4n) is 3.88. The van der Waals surface area contributed by atoms with Crippen LogP contribution < -0.4 is 10.3 Å². The Morgan fingerprint density at radius 3 is 2.66 bits per heavy atom. The minimum Gasteiger partial charge on any atom is -0.488 e. The molecule has 0 saturated heterocycles. The third-order valence-corrected chi connectivity index (χ3v) is 5.51. The van der Waals surface area contributed by atoms with Crippen molar-refractivity contribution in [1.82, 2.24) is 14.5 Å². The van der Waals surface area contributed by atoms with Crippen LogP contribution in [0.3, 0.4) is 0 Å². The molecule has 166 valence electrons. The molecule has 3 heterocycles. The van der Waals surface area contributed by atoms with Crippen molar-refractivity contribution in [3.63, 3.8) is 0 Å². The molecule has 4 rings (SSSR count). The molecular formula is C24H24FN3O4. The summed E-state index contributed by atoms with van der Waals surface area (Å²) in [5.74, 6) is -0.718. The van der Waals surface area contributed by atoms with Gasteiger partial charge in [-0.05, 0) is 29.3 Å². The van der Waals surface area contributed by atoms with Gasteiger partial charge in [-0.25, -0.2) is 9.18 Å². The molecule has 3 aromatic rings. The maximum Gasteiger partial charge on any atom is 0.343 e. The molecule has 0 bridgehead atoms. The van der Waals surface area contributed by atoms with Crippen LogP contribution in [0.1, 0.15) is 27.2 Å². The molecule has 0 unspecified atom stereocenters. The van der Waals surface area contributed by atoms with E-state index in [1.165, 1.54) is 25.3 Å². The Morgan fingerprint density at radius 1 is 1.12 bits per heavy atom. The van der Waals surface area contributed by atoms with E-state index in [2.05, 4.69) is 9.88 Å². The number of carbonyl (C=O) groups excluding carboxylic acids is 1. The van der Waals surface area contributed by atoms with Gasteiger partial charge in [0.2, 0.25) is 0 Å². The van der Waals surface area contributed by atoms with Gasteiger partial charge in [-0.15, -0.1) is 0 Å². The van der Waals surface area contributed by atoms with Gasteiger partial charge in [-0.1, -0.05) is 18.2 Å². The van der Waals surface area contributed by atoms with Gasteiger partial charge in [0, 0.05) is 56.8 Å². The summed E-state index contributed by atoms with van der Waals surface area (Å²) >= 11 is 0. The van der Waals surface area contributed by atoms with Crippen LogP contribution in [0.5, 0.6) is 5.75 Å². The monoisotopic (exact) mass is 437 g/mol. The van der Waals surface area contributed by atoms with Crippen molar-refractivity contribution >= 4 is 5.97 Å². The number of halogens is 1. The standard InChI is InChI=1S/C24H24FN3O4/c1-31-24(30)23-20-8-10-27(15-18-3-2-9-26-14-18)11-12-28(20)22(29)13-21(23)32-16-17-4-6-19(25)7-5-17/h2-7,9,13-14H,8,10-12,15-16H2,1H3. The Hall–Kier alpha value is -3.52. The number of rotatable bonds is 6. The number of ether oxygens (including phenoxy) is 2. The van der Waals surface area contributed by atoms with Crippen LogP contribution in [0.4, 0.5) is 4.39 Å². The smallest absolute Gasteiger partial charge is 0.343 e. The highest BCUT2D eigenvalue weighted by atomic mass is 19.1. The van der Waals surface area contributed by atoms with E-state index in [0.29, 0.717) is 38.3 Å². The number of benzene rings is 1. The van der Waals surface area contributed by atoms with E-state index in [4.69, 9.17) is 9.47 Å². The molecular weight excluding hydrogens is 413 g/mol. The first-order valence-corrected chi connectivity index (χ1v) is 10.4. The summed E-state index contributed by atoms with van der Waals surface area (Å²) in [6.07, 6.45) is 4.05. The molecule has 0 amide bonds. The lowest BCUT2D eigenvalue weighted by Gasteiger charge is -2.19. The molecule has 0 aliphatic carbocycles. The average Bonchev–Trinajstić information content (AvgIpc) is 3.02. The first kappa shape index (κ1) is 21.7. The van der Waals surface area contributed by atoms with E-state index in [1.807, 2.05) is 18.3 Å². The Bertz CT molecular complexity index is 1150. The maximum absolute atomic E-state index is 13.2. The summed E-state index contributed by atoms with van der Waals surface area (Å²) in [6, 6.07) is 11.1. The number of methoxy groups -OCH3 is 1. The second-order valence-electron chi connectivity index (χ2n) is 7.61. The zero-order valence-electron chi connectivity index (χ0n) is 17.8. The number of fused-ring (bicyclic) bond motifs is 1. The highest BCUT2D eigenvalue weighted by Crippen LogP contribution is 2.25. The molecule has 1 aliphatic rings. The van der Waals surface area contributed by atoms with Crippen molar-refractivity contribution in [2.24, 2.45) is 0 Å². The number of aromatic nitrogens is 2. The number of nitrogens with zero attached hydrogens (tertiary/aromatic N) is 3. The minimum absolute atomic E-state index is 0.0975. The molecule has 8 heteroatoms. The molecule has 0 fully saturated rings. The van der Waals surface area contributed by atoms with Gasteiger partial charge in [0.05, 0.1) is 7.11 Å². The molecule has 32 heavy (non-hydrogen) atoms. The summed E-state index contributed by atoms with van der Waals surface area (Å²) in [7, 11) is 1.31. The van der Waals surface area contributed by atoms with Gasteiger partial charge < -0.3 is 14.0 Å². The van der Waals surface area contributed by atoms with E-state index >= 15 is 0 Å². The third kappa shape index (κ3) is 4.86. The zero-order chi connectivity index (χ0) is 22.5. The highest BCUT2D eigenvalue weighted by Gasteiger charge is 2.26. The predicted molar refractivity (Wildman–Crippen MR) is 116 cm³/mol. The van der Waals surface area contributed by atoms with Gasteiger partial charge in [0.15, 0.2) is 0 Å². The van der Waals surface area contributed by atoms with Crippen LogP contribution >= 0.6 is 0 Å². The normalized spacial score (nSPS) is 13.8. The van der Waals surface area contributed by atoms with Crippen molar-refractivity contribution in [3.05, 3.63) is 93.4 Å². The topological polar surface area (TPSA) is 73.7 Å². The molecule has 1 aromatic carbocycles. The summed E-state index contributed by atoms with van der Waals surface area (Å²) in [5, 5.41) is 0. The number of esters is 1. The second-order valence-corrected chi connectivity index (χ2v) is 7.61. The van der Waals surface area contributed by atoms with Crippen molar-refractivity contribution < 1.29 is 18.7 Å². The molecule has 0 radical (unpaired) electrons. The SMILES string of the molecule is COC(=O)c1c(OCc2ccc(F)cc2)cc(=O)n2c1CCN(Cc1cccnc1)CC2. The third-order valence-electron chi connectivity index (χ3n) is 5.51. The molecule has 0 saturated carbocycles. The van der Waals surface area contributed by atoms with Crippen molar-refractivity contribution in [2.75, 3.05) is 20.2 Å². The summed E-state index contributed by atoms with van der Waals surface area (Å²) in [4.78, 5) is 31.9. The molecule has 2 aromatic heterocycles. The van der Waals surface area contributed by atoms with Crippen LogP contribution in [-0.2, 0) is 30.9 Å². The first-order valence-electron chi connectivity index (χ1n) is 10.4. The quantitative estimate of drug-likeness (QED) is 0.552. The highest BCUT2D eigenvalue weighted by molar-refractivity contribution is 5.93. The lowest BCUT2D eigenvalue weighted by Crippen LogP contribution is -2.29. The summed E-state index contributed by atoms with van der Waals surface area (Å²) in [6.45, 7) is 2.59. The molecule has 0 atom stereocenters. The molecule has 0 spiro atoms. The number of pyridine rings is 2. The van der Waals surface area contributed by atoms with Crippen LogP contribution in [0.25, 0.3) is 0 Å². The molecule has 1 aliphatic heterocycles. The first-order chi connectivity index (χ1) is 15.5. The predicted octanol–water partition coefficient (Wildman–Crippen LogP) is 2.81. The minimum atomic E-state index is -0.552. The van der Waals surface area contributed by atoms with Crippen molar-refractivity contribution in [2.45, 2.75) is 26.1 Å². The van der Waals surface area contributed by atoms with Gasteiger partial charge in [-0.2, -0.15) is 0 Å². The van der Waals surface area contributed by atoms with E-state index in [1.54, 1.807) is 22.9 Å². The van der Waals surface area contributed by atoms with Crippen LogP contribution in [0, 0.1) is 5.82 Å². The lowest BCUT2D eigenvalue weighted by atomic mass is 10.1. The second kappa shape index (κ2) is 9.74. The van der Waals surface area contributed by atoms with Crippen molar-refractivity contribution in [1.29, 1.82) is 0 Å². The Kier molecular flexibility index (Phi) is 6.61. The number of carbonyl (C=O) groups is 1. The van der Waals surface area contributed by atoms with E-state index in [-0.39, 0.29) is 29.3 Å². The largest absolute Gasteiger partial charge is 0.488 e. The Labute approximate surface area is 185 Å². The maximum atomic E-state index is 13.2. The van der Waals surface area contributed by atoms with E-state index in [9.17, 15) is 14.0 Å². The Balaban J connectivity index is 1.60. The van der Waals surface area contributed by atoms with E-state index in [0.717, 1.165) is 11.1 Å². The van der Waals surface area contributed by atoms with Gasteiger partial charge in [-0.3, -0.25) is 14.7 Å². The van der Waals surface area contributed by atoms with Crippen LogP contribution in [-0.4, -0.2) is 40.6 Å². The lowest BCUT2D eigenvalue weighted by molar-refractivity contribution is 0.0592. The molecule has 7 nitrogen and oxygen atoms in total. The fraction of sp³-hybridized carbons (Fsp3) is 0.292. The molecule has 0 N–H and O–H groups in total. The zero-order valence-corrected chi connectivity index (χ0v) is 17.8. The number of hydrogen-bond donors (Lipinski definition) is 0. The summed E-state index contributed by atoms with van der Waals surface area (Å²) < 4.78 is 25.6. The van der Waals surface area contributed by atoms with Gasteiger partial charge in [0.25, 0.3) is 5.56 Å². The Morgan fingerprint density at radius 2 is 1.94 bits per heavy atom.